The van der Waals surface area contributed by atoms with Gasteiger partial charge in [0.25, 0.3) is 0 Å². The van der Waals surface area contributed by atoms with Gasteiger partial charge in [0.1, 0.15) is 17.8 Å². The number of amides is 1. The first kappa shape index (κ1) is 23.1. The molecule has 0 radical (unpaired) electrons. The van der Waals surface area contributed by atoms with Crippen molar-refractivity contribution in [2.45, 2.75) is 77.4 Å². The fourth-order valence-corrected chi connectivity index (χ4v) is 8.06. The van der Waals surface area contributed by atoms with E-state index in [1.54, 1.807) is 11.2 Å². The van der Waals surface area contributed by atoms with Crippen LogP contribution in [0.25, 0.3) is 11.0 Å². The normalized spacial score (nSPS) is 31.2. The maximum Gasteiger partial charge on any atom is 0.407 e. The summed E-state index contributed by atoms with van der Waals surface area (Å²) >= 11 is 2.33. The molecule has 2 saturated heterocycles. The lowest BCUT2D eigenvalue weighted by Gasteiger charge is -2.43. The molecule has 1 spiro atoms. The molecule has 8 nitrogen and oxygen atoms in total. The van der Waals surface area contributed by atoms with Crippen LogP contribution in [0.1, 0.15) is 65.3 Å². The minimum absolute atomic E-state index is 0.0567. The van der Waals surface area contributed by atoms with Gasteiger partial charge in [-0.3, -0.25) is 4.90 Å². The van der Waals surface area contributed by atoms with E-state index in [9.17, 15) is 9.90 Å². The first-order valence-corrected chi connectivity index (χ1v) is 13.2. The third kappa shape index (κ3) is 3.88. The van der Waals surface area contributed by atoms with Crippen molar-refractivity contribution >= 4 is 45.5 Å². The number of fused-ring (bicyclic) bond motifs is 1. The molecule has 0 aromatic carbocycles. The number of hydrogen-bond acceptors (Lipinski definition) is 5. The fraction of sp³-hybridized carbons (Fsp3) is 0.708. The molecule has 1 aliphatic carbocycles. The highest BCUT2D eigenvalue weighted by Gasteiger charge is 2.57. The lowest BCUT2D eigenvalue weighted by Crippen LogP contribution is -2.51. The molecule has 180 valence electrons. The van der Waals surface area contributed by atoms with Gasteiger partial charge in [-0.05, 0) is 73.1 Å². The first-order chi connectivity index (χ1) is 15.6. The van der Waals surface area contributed by atoms with Crippen molar-refractivity contribution < 1.29 is 9.90 Å². The van der Waals surface area contributed by atoms with Crippen molar-refractivity contribution in [2.24, 2.45) is 10.8 Å². The van der Waals surface area contributed by atoms with Gasteiger partial charge in [-0.1, -0.05) is 20.8 Å². The molecule has 1 amide bonds. The van der Waals surface area contributed by atoms with Crippen LogP contribution in [-0.4, -0.2) is 67.3 Å². The number of carboxylic acid groups (broad SMARTS) is 1. The monoisotopic (exact) mass is 566 g/mol. The molecule has 2 aromatic rings. The molecule has 3 aliphatic rings. The molecule has 9 heteroatoms. The number of carbonyl (C=O) groups is 1. The molecular weight excluding hydrogens is 531 g/mol. The van der Waals surface area contributed by atoms with Gasteiger partial charge >= 0.3 is 6.09 Å². The molecule has 1 saturated carbocycles. The van der Waals surface area contributed by atoms with Crippen LogP contribution < -0.4 is 5.73 Å². The van der Waals surface area contributed by atoms with Crippen molar-refractivity contribution in [3.63, 3.8) is 0 Å². The van der Waals surface area contributed by atoms with Crippen LogP contribution in [0.3, 0.4) is 0 Å². The Morgan fingerprint density at radius 1 is 1.15 bits per heavy atom. The number of aromatic nitrogens is 3. The lowest BCUT2D eigenvalue weighted by atomic mass is 9.68. The topological polar surface area (TPSA) is 101 Å². The summed E-state index contributed by atoms with van der Waals surface area (Å²) in [6.07, 6.45) is 9.66. The molecule has 3 fully saturated rings. The summed E-state index contributed by atoms with van der Waals surface area (Å²) in [5.41, 5.74) is 7.10. The number of halogens is 1. The number of nitrogens with zero attached hydrogens (tertiary/aromatic N) is 5. The van der Waals surface area contributed by atoms with Gasteiger partial charge in [-0.2, -0.15) is 0 Å². The zero-order chi connectivity index (χ0) is 23.5. The zero-order valence-electron chi connectivity index (χ0n) is 19.8. The number of anilines is 1. The predicted molar refractivity (Wildman–Crippen MR) is 137 cm³/mol. The Morgan fingerprint density at radius 2 is 1.82 bits per heavy atom. The second-order valence-corrected chi connectivity index (χ2v) is 12.5. The maximum atomic E-state index is 12.0. The van der Waals surface area contributed by atoms with Gasteiger partial charge in [-0.15, -0.1) is 0 Å². The van der Waals surface area contributed by atoms with Gasteiger partial charge in [0.2, 0.25) is 0 Å². The van der Waals surface area contributed by atoms with Gasteiger partial charge in [0.15, 0.2) is 0 Å². The average molecular weight is 566 g/mol. The Bertz CT molecular complexity index is 1060. The second kappa shape index (κ2) is 8.25. The molecule has 5 rings (SSSR count). The van der Waals surface area contributed by atoms with E-state index in [-0.39, 0.29) is 16.9 Å². The second-order valence-electron chi connectivity index (χ2n) is 11.4. The molecule has 3 N–H and O–H groups in total. The lowest BCUT2D eigenvalue weighted by molar-refractivity contribution is 0.0503. The number of nitrogen functional groups attached to an aromatic ring is 1. The van der Waals surface area contributed by atoms with Gasteiger partial charge in [-0.25, -0.2) is 14.8 Å². The minimum Gasteiger partial charge on any atom is -0.465 e. The van der Waals surface area contributed by atoms with E-state index in [0.717, 1.165) is 53.4 Å². The summed E-state index contributed by atoms with van der Waals surface area (Å²) in [4.78, 5) is 25.1. The summed E-state index contributed by atoms with van der Waals surface area (Å²) in [5.74, 6) is 0.555. The van der Waals surface area contributed by atoms with Crippen LogP contribution in [0.15, 0.2) is 12.5 Å². The van der Waals surface area contributed by atoms with Gasteiger partial charge < -0.3 is 20.3 Å². The number of likely N-dealkylation sites (tertiary alicyclic amines) is 2. The third-order valence-corrected chi connectivity index (χ3v) is 9.21. The van der Waals surface area contributed by atoms with Crippen molar-refractivity contribution in [2.75, 3.05) is 25.4 Å². The Labute approximate surface area is 209 Å². The highest BCUT2D eigenvalue weighted by atomic mass is 127. The molecule has 2 aliphatic heterocycles. The summed E-state index contributed by atoms with van der Waals surface area (Å²) in [6.45, 7) is 9.39. The molecule has 4 heterocycles. The van der Waals surface area contributed by atoms with E-state index in [1.165, 1.54) is 12.8 Å². The SMILES string of the molecule is CC(C)(C)C1N(C(=O)O)CCC12CCN(C1CCC(n3cc(I)c4c(N)ncnc43)CC1)C2. The summed E-state index contributed by atoms with van der Waals surface area (Å²) in [6, 6.07) is 1.11. The highest BCUT2D eigenvalue weighted by Crippen LogP contribution is 2.52. The average Bonchev–Trinajstić information content (AvgIpc) is 3.45. The highest BCUT2D eigenvalue weighted by molar-refractivity contribution is 14.1. The van der Waals surface area contributed by atoms with E-state index in [1.807, 2.05) is 0 Å². The van der Waals surface area contributed by atoms with E-state index >= 15 is 0 Å². The predicted octanol–water partition coefficient (Wildman–Crippen LogP) is 4.59. The Morgan fingerprint density at radius 3 is 2.48 bits per heavy atom. The standard InChI is InChI=1S/C24H35IN6O2/c1-23(2,3)21-24(9-11-30(21)22(32)33)8-10-29(13-24)15-4-6-16(7-5-15)31-12-17(25)18-19(26)27-14-28-20(18)31/h12,14-16,21H,4-11,13H2,1-3H3,(H,32,33)(H2,26,27,28). The van der Waals surface area contributed by atoms with Gasteiger partial charge in [0, 0.05) is 46.4 Å². The summed E-state index contributed by atoms with van der Waals surface area (Å²) < 4.78 is 3.43. The first-order valence-electron chi connectivity index (χ1n) is 12.1. The number of hydrogen-bond donors (Lipinski definition) is 2. The molecule has 33 heavy (non-hydrogen) atoms. The Hall–Kier alpha value is -1.62. The van der Waals surface area contributed by atoms with E-state index in [2.05, 4.69) is 69.0 Å². The summed E-state index contributed by atoms with van der Waals surface area (Å²) in [5, 5.41) is 10.8. The van der Waals surface area contributed by atoms with E-state index < -0.39 is 6.09 Å². The molecular formula is C24H35IN6O2. The third-order valence-electron chi connectivity index (χ3n) is 8.39. The van der Waals surface area contributed by atoms with E-state index in [0.29, 0.717) is 24.4 Å². The molecule has 2 unspecified atom stereocenters. The Kier molecular flexibility index (Phi) is 5.78. The smallest absolute Gasteiger partial charge is 0.407 e. The van der Waals surface area contributed by atoms with E-state index in [4.69, 9.17) is 5.73 Å². The number of nitrogens with two attached hydrogens (primary N) is 1. The van der Waals surface area contributed by atoms with Crippen LogP contribution in [0, 0.1) is 14.4 Å². The zero-order valence-corrected chi connectivity index (χ0v) is 22.0. The van der Waals surface area contributed by atoms with Crippen LogP contribution >= 0.6 is 22.6 Å². The molecule has 2 atom stereocenters. The summed E-state index contributed by atoms with van der Waals surface area (Å²) in [7, 11) is 0. The number of rotatable bonds is 2. The van der Waals surface area contributed by atoms with Crippen molar-refractivity contribution in [3.8, 4) is 0 Å². The van der Waals surface area contributed by atoms with Crippen molar-refractivity contribution in [1.29, 1.82) is 0 Å². The quantitative estimate of drug-likeness (QED) is 0.516. The largest absolute Gasteiger partial charge is 0.465 e. The van der Waals surface area contributed by atoms with Crippen LogP contribution in [0.4, 0.5) is 10.6 Å². The van der Waals surface area contributed by atoms with Crippen LogP contribution in [0.2, 0.25) is 0 Å². The van der Waals surface area contributed by atoms with Crippen molar-refractivity contribution in [1.82, 2.24) is 24.3 Å². The maximum absolute atomic E-state index is 12.0. The Balaban J connectivity index is 1.29. The molecule has 0 bridgehead atoms. The van der Waals surface area contributed by atoms with Crippen LogP contribution in [0.5, 0.6) is 0 Å². The van der Waals surface area contributed by atoms with Gasteiger partial charge in [0.05, 0.1) is 5.39 Å². The molecule has 2 aromatic heterocycles. The van der Waals surface area contributed by atoms with Crippen LogP contribution in [-0.2, 0) is 0 Å². The fourth-order valence-electron chi connectivity index (χ4n) is 7.24. The minimum atomic E-state index is -0.760. The van der Waals surface area contributed by atoms with Crippen molar-refractivity contribution in [3.05, 3.63) is 16.1 Å².